The van der Waals surface area contributed by atoms with Crippen LogP contribution in [-0.2, 0) is 0 Å². The molecule has 0 spiro atoms. The minimum absolute atomic E-state index is 0.553. The second-order valence-corrected chi connectivity index (χ2v) is 21.5. The van der Waals surface area contributed by atoms with E-state index in [1.54, 1.807) is 0 Å². The highest BCUT2D eigenvalue weighted by atomic mass is 16.3. The Hall–Kier alpha value is -11.4. The van der Waals surface area contributed by atoms with Crippen LogP contribution in [-0.4, -0.2) is 33.2 Å². The number of hydrogen-bond donors (Lipinski definition) is 0. The van der Waals surface area contributed by atoms with E-state index in [4.69, 9.17) is 19.4 Å². The summed E-state index contributed by atoms with van der Waals surface area (Å²) in [4.78, 5) is 15.9. The van der Waals surface area contributed by atoms with Crippen LogP contribution in [0.1, 0.15) is 0 Å². The Kier molecular flexibility index (Phi) is 9.64. The smallest absolute Gasteiger partial charge is 0.164 e. The molecule has 12 aromatic carbocycles. The number of hydrogen-bond acceptors (Lipinski definition) is 4. The van der Waals surface area contributed by atoms with Gasteiger partial charge in [0.2, 0.25) is 0 Å². The van der Waals surface area contributed by atoms with E-state index in [0.717, 1.165) is 116 Å². The zero-order chi connectivity index (χ0) is 54.3. The van der Waals surface area contributed by atoms with E-state index >= 15 is 0 Å². The van der Waals surface area contributed by atoms with E-state index in [9.17, 15) is 0 Å². The zero-order valence-electron chi connectivity index (χ0n) is 44.5. The number of benzene rings is 12. The Bertz CT molecular complexity index is 5620. The molecule has 8 nitrogen and oxygen atoms in total. The molecule has 0 aliphatic heterocycles. The minimum atomic E-state index is 0.553. The molecule has 386 valence electrons. The van der Waals surface area contributed by atoms with E-state index in [0.29, 0.717) is 17.5 Å². The Morgan fingerprint density at radius 1 is 0.253 bits per heavy atom. The second-order valence-electron chi connectivity index (χ2n) is 21.5. The lowest BCUT2D eigenvalue weighted by Gasteiger charge is -2.13. The van der Waals surface area contributed by atoms with E-state index in [1.807, 2.05) is 36.4 Å². The van der Waals surface area contributed by atoms with Crippen LogP contribution in [0.3, 0.4) is 0 Å². The standard InChI is InChI=1S/C75H45N7O/c1-5-21-46(22-6-1)73-76-74(47-23-7-2-8-24-47)78-75(77-73)48-43-60-59-45-51(81-63-35-19-15-31-54(63)57-39-38-56-53-30-14-18-34-62(53)80(70(56)71(57)81)50-27-11-4-12-28-50)37-42-67(59)83-72(60)66(44-48)82-64-36-20-16-32-58(64)68-65(82)41-40-55-52-29-13-17-33-61(52)79(69(55)68)49-25-9-3-10-26-49/h1-45H. The highest BCUT2D eigenvalue weighted by Crippen LogP contribution is 2.47. The van der Waals surface area contributed by atoms with Gasteiger partial charge >= 0.3 is 0 Å². The molecular formula is C75H45N7O. The summed E-state index contributed by atoms with van der Waals surface area (Å²) in [5.74, 6) is 1.74. The molecule has 0 aliphatic carbocycles. The van der Waals surface area contributed by atoms with Gasteiger partial charge in [0.25, 0.3) is 0 Å². The number of aromatic nitrogens is 7. The van der Waals surface area contributed by atoms with Crippen LogP contribution in [0.15, 0.2) is 277 Å². The van der Waals surface area contributed by atoms with Crippen LogP contribution in [0.5, 0.6) is 0 Å². The molecule has 0 unspecified atom stereocenters. The predicted molar refractivity (Wildman–Crippen MR) is 341 cm³/mol. The van der Waals surface area contributed by atoms with Crippen LogP contribution < -0.4 is 0 Å². The first-order valence-corrected chi connectivity index (χ1v) is 28.1. The lowest BCUT2D eigenvalue weighted by atomic mass is 10.1. The predicted octanol–water partition coefficient (Wildman–Crippen LogP) is 19.2. The largest absolute Gasteiger partial charge is 0.454 e. The number of furan rings is 1. The van der Waals surface area contributed by atoms with Gasteiger partial charge in [-0.15, -0.1) is 0 Å². The van der Waals surface area contributed by atoms with Crippen LogP contribution in [0.25, 0.3) is 166 Å². The Morgan fingerprint density at radius 2 is 0.675 bits per heavy atom. The topological polar surface area (TPSA) is 71.5 Å². The monoisotopic (exact) mass is 1060 g/mol. The molecule has 6 aromatic heterocycles. The molecule has 0 aliphatic rings. The van der Waals surface area contributed by atoms with Crippen molar-refractivity contribution in [2.75, 3.05) is 0 Å². The van der Waals surface area contributed by atoms with Crippen molar-refractivity contribution < 1.29 is 4.42 Å². The van der Waals surface area contributed by atoms with Gasteiger partial charge in [0.15, 0.2) is 23.1 Å². The first kappa shape index (κ1) is 45.5. The summed E-state index contributed by atoms with van der Waals surface area (Å²) in [6.07, 6.45) is 0. The van der Waals surface area contributed by atoms with Crippen molar-refractivity contribution in [1.29, 1.82) is 0 Å². The van der Waals surface area contributed by atoms with Crippen LogP contribution >= 0.6 is 0 Å². The SMILES string of the molecule is c1ccc(-c2nc(-c3ccccc3)nc(-c3cc(-n4c5ccccc5c5c4ccc4c6ccccc6n(-c6ccccc6)c45)c4oc5ccc(-n6c7ccccc7c7ccc8c9ccccc9n(-c9ccccc9)c8c76)cc5c4c3)n2)cc1. The molecule has 18 rings (SSSR count). The maximum absolute atomic E-state index is 7.35. The third-order valence-corrected chi connectivity index (χ3v) is 17.0. The Labute approximate surface area is 474 Å². The van der Waals surface area contributed by atoms with Crippen LogP contribution in [0.2, 0.25) is 0 Å². The van der Waals surface area contributed by atoms with Gasteiger partial charge in [0.05, 0.1) is 49.8 Å². The van der Waals surface area contributed by atoms with Crippen molar-refractivity contribution in [2.45, 2.75) is 0 Å². The third-order valence-electron chi connectivity index (χ3n) is 17.0. The fraction of sp³-hybridized carbons (Fsp3) is 0. The molecule has 18 aromatic rings. The lowest BCUT2D eigenvalue weighted by molar-refractivity contribution is 0.666. The molecule has 0 fully saturated rings. The van der Waals surface area contributed by atoms with E-state index in [2.05, 4.69) is 255 Å². The van der Waals surface area contributed by atoms with Crippen molar-refractivity contribution in [3.8, 4) is 56.9 Å². The average Bonchev–Trinajstić information content (AvgIpc) is 1.95. The molecule has 83 heavy (non-hydrogen) atoms. The normalized spacial score (nSPS) is 12.1. The molecular weight excluding hydrogens is 1010 g/mol. The molecule has 0 atom stereocenters. The highest BCUT2D eigenvalue weighted by Gasteiger charge is 2.27. The van der Waals surface area contributed by atoms with Crippen molar-refractivity contribution in [2.24, 2.45) is 0 Å². The molecule has 0 radical (unpaired) electrons. The number of rotatable bonds is 7. The maximum atomic E-state index is 7.35. The van der Waals surface area contributed by atoms with Gasteiger partial charge < -0.3 is 22.7 Å². The summed E-state index contributed by atoms with van der Waals surface area (Å²) in [5, 5.41) is 11.3. The first-order valence-electron chi connectivity index (χ1n) is 28.1. The molecule has 0 saturated carbocycles. The van der Waals surface area contributed by atoms with Crippen LogP contribution in [0.4, 0.5) is 0 Å². The van der Waals surface area contributed by atoms with Gasteiger partial charge in [-0.1, -0.05) is 188 Å². The van der Waals surface area contributed by atoms with Gasteiger partial charge in [-0.25, -0.2) is 15.0 Å². The van der Waals surface area contributed by atoms with Crippen LogP contribution in [0, 0.1) is 0 Å². The van der Waals surface area contributed by atoms with Crippen molar-refractivity contribution >= 4 is 109 Å². The van der Waals surface area contributed by atoms with E-state index in [1.165, 1.54) is 32.3 Å². The molecule has 0 saturated heterocycles. The molecule has 6 heterocycles. The zero-order valence-corrected chi connectivity index (χ0v) is 44.5. The average molecular weight is 1060 g/mol. The molecule has 8 heteroatoms. The fourth-order valence-electron chi connectivity index (χ4n) is 13.4. The first-order chi connectivity index (χ1) is 41.2. The number of fused-ring (bicyclic) bond motifs is 17. The van der Waals surface area contributed by atoms with Gasteiger partial charge in [-0.2, -0.15) is 0 Å². The summed E-state index contributed by atoms with van der Waals surface area (Å²) < 4.78 is 17.1. The quantitative estimate of drug-likeness (QED) is 0.159. The molecule has 0 bridgehead atoms. The summed E-state index contributed by atoms with van der Waals surface area (Å²) in [6.45, 7) is 0. The highest BCUT2D eigenvalue weighted by molar-refractivity contribution is 6.27. The summed E-state index contributed by atoms with van der Waals surface area (Å²) in [5.41, 5.74) is 17.2. The third kappa shape index (κ3) is 6.66. The van der Waals surface area contributed by atoms with Gasteiger partial charge in [0.1, 0.15) is 5.58 Å². The second kappa shape index (κ2) is 17.6. The minimum Gasteiger partial charge on any atom is -0.454 e. The summed E-state index contributed by atoms with van der Waals surface area (Å²) >= 11 is 0. The number of nitrogens with zero attached hydrogens (tertiary/aromatic N) is 7. The summed E-state index contributed by atoms with van der Waals surface area (Å²) in [6, 6.07) is 97.3. The molecule has 0 N–H and O–H groups in total. The maximum Gasteiger partial charge on any atom is 0.164 e. The van der Waals surface area contributed by atoms with E-state index < -0.39 is 0 Å². The van der Waals surface area contributed by atoms with Gasteiger partial charge in [-0.05, 0) is 84.9 Å². The lowest BCUT2D eigenvalue weighted by Crippen LogP contribution is -2.01. The van der Waals surface area contributed by atoms with Gasteiger partial charge in [0, 0.05) is 87.6 Å². The van der Waals surface area contributed by atoms with Gasteiger partial charge in [-0.3, -0.25) is 0 Å². The van der Waals surface area contributed by atoms with Crippen molar-refractivity contribution in [1.82, 2.24) is 33.2 Å². The van der Waals surface area contributed by atoms with Crippen molar-refractivity contribution in [3.63, 3.8) is 0 Å². The van der Waals surface area contributed by atoms with Crippen molar-refractivity contribution in [3.05, 3.63) is 273 Å². The Balaban J connectivity index is 0.966. The fourth-order valence-corrected chi connectivity index (χ4v) is 13.4. The number of para-hydroxylation sites is 6. The Morgan fingerprint density at radius 3 is 1.22 bits per heavy atom. The van der Waals surface area contributed by atoms with E-state index in [-0.39, 0.29) is 0 Å². The summed E-state index contributed by atoms with van der Waals surface area (Å²) in [7, 11) is 0. The molecule has 0 amide bonds.